The molecule has 0 aromatic carbocycles. The second-order valence-electron chi connectivity index (χ2n) is 3.79. The highest BCUT2D eigenvalue weighted by molar-refractivity contribution is 6.37. The first-order valence-electron chi connectivity index (χ1n) is 5.39. The molecule has 0 aliphatic heterocycles. The van der Waals surface area contributed by atoms with Crippen LogP contribution in [0.3, 0.4) is 0 Å². The van der Waals surface area contributed by atoms with Crippen LogP contribution in [0.25, 0.3) is 0 Å². The molecule has 0 radical (unpaired) electrons. The molecular formula is C11H17Cl2N3. The third-order valence-electron chi connectivity index (χ3n) is 2.40. The molecule has 0 amide bonds. The fourth-order valence-corrected chi connectivity index (χ4v) is 1.95. The fourth-order valence-electron chi connectivity index (χ4n) is 1.44. The molecule has 1 aromatic rings. The van der Waals surface area contributed by atoms with Gasteiger partial charge in [-0.05, 0) is 12.5 Å². The molecule has 2 N–H and O–H groups in total. The molecule has 0 bridgehead atoms. The lowest BCUT2D eigenvalue weighted by Gasteiger charge is -2.19. The van der Waals surface area contributed by atoms with E-state index in [4.69, 9.17) is 28.9 Å². The van der Waals surface area contributed by atoms with Gasteiger partial charge in [0.15, 0.2) is 0 Å². The number of aromatic nitrogens is 1. The number of nitrogens with two attached hydrogens (primary N) is 1. The molecule has 0 saturated carbocycles. The predicted octanol–water partition coefficient (Wildman–Crippen LogP) is 3.60. The summed E-state index contributed by atoms with van der Waals surface area (Å²) in [6, 6.07) is 1.64. The minimum atomic E-state index is 0.323. The lowest BCUT2D eigenvalue weighted by atomic mass is 10.2. The molecule has 0 fully saturated rings. The molecule has 0 aliphatic carbocycles. The number of hydrogen-bond acceptors (Lipinski definition) is 3. The Bertz CT molecular complexity index is 355. The first-order chi connectivity index (χ1) is 7.56. The Balaban J connectivity index is 2.75. The van der Waals surface area contributed by atoms with E-state index in [1.807, 2.05) is 11.9 Å². The SMILES string of the molecule is CCCCCN(C)c1nc(N)c(Cl)cc1Cl. The van der Waals surface area contributed by atoms with Gasteiger partial charge in [-0.3, -0.25) is 0 Å². The summed E-state index contributed by atoms with van der Waals surface area (Å²) in [5.41, 5.74) is 5.65. The summed E-state index contributed by atoms with van der Waals surface area (Å²) in [6.45, 7) is 3.09. The number of halogens is 2. The third kappa shape index (κ3) is 3.42. The molecule has 0 saturated heterocycles. The zero-order valence-electron chi connectivity index (χ0n) is 9.63. The molecule has 0 aliphatic rings. The van der Waals surface area contributed by atoms with Gasteiger partial charge in [0.1, 0.15) is 11.6 Å². The number of unbranched alkanes of at least 4 members (excludes halogenated alkanes) is 2. The first-order valence-corrected chi connectivity index (χ1v) is 6.14. The molecule has 16 heavy (non-hydrogen) atoms. The molecule has 1 heterocycles. The van der Waals surface area contributed by atoms with E-state index in [-0.39, 0.29) is 0 Å². The highest BCUT2D eigenvalue weighted by atomic mass is 35.5. The summed E-state index contributed by atoms with van der Waals surface area (Å²) >= 11 is 11.9. The summed E-state index contributed by atoms with van der Waals surface area (Å²) in [4.78, 5) is 6.20. The topological polar surface area (TPSA) is 42.2 Å². The minimum absolute atomic E-state index is 0.323. The molecule has 0 unspecified atom stereocenters. The van der Waals surface area contributed by atoms with E-state index in [1.54, 1.807) is 6.07 Å². The van der Waals surface area contributed by atoms with Gasteiger partial charge in [-0.25, -0.2) is 4.98 Å². The van der Waals surface area contributed by atoms with Crippen molar-refractivity contribution in [1.29, 1.82) is 0 Å². The van der Waals surface area contributed by atoms with Crippen molar-refractivity contribution in [3.05, 3.63) is 16.1 Å². The van der Waals surface area contributed by atoms with Crippen LogP contribution in [-0.4, -0.2) is 18.6 Å². The Kier molecular flexibility index (Phi) is 5.16. The maximum Gasteiger partial charge on any atom is 0.149 e. The Labute approximate surface area is 107 Å². The van der Waals surface area contributed by atoms with Gasteiger partial charge in [-0.15, -0.1) is 0 Å². The second-order valence-corrected chi connectivity index (χ2v) is 4.60. The van der Waals surface area contributed by atoms with Gasteiger partial charge in [-0.2, -0.15) is 0 Å². The van der Waals surface area contributed by atoms with Crippen LogP contribution in [0.2, 0.25) is 10.0 Å². The van der Waals surface area contributed by atoms with Gasteiger partial charge < -0.3 is 10.6 Å². The van der Waals surface area contributed by atoms with E-state index in [9.17, 15) is 0 Å². The van der Waals surface area contributed by atoms with Crippen LogP contribution in [0.4, 0.5) is 11.6 Å². The van der Waals surface area contributed by atoms with E-state index < -0.39 is 0 Å². The molecule has 1 rings (SSSR count). The molecule has 90 valence electrons. The highest BCUT2D eigenvalue weighted by Gasteiger charge is 2.10. The van der Waals surface area contributed by atoms with Gasteiger partial charge in [0.05, 0.1) is 10.0 Å². The fraction of sp³-hybridized carbons (Fsp3) is 0.545. The van der Waals surface area contributed by atoms with Gasteiger partial charge in [0.25, 0.3) is 0 Å². The summed E-state index contributed by atoms with van der Waals surface area (Å²) in [5.74, 6) is 1.02. The minimum Gasteiger partial charge on any atom is -0.382 e. The van der Waals surface area contributed by atoms with Gasteiger partial charge in [0, 0.05) is 13.6 Å². The van der Waals surface area contributed by atoms with Gasteiger partial charge in [-0.1, -0.05) is 43.0 Å². The average Bonchev–Trinajstić information content (AvgIpc) is 2.23. The van der Waals surface area contributed by atoms with E-state index in [0.717, 1.165) is 13.0 Å². The van der Waals surface area contributed by atoms with Crippen molar-refractivity contribution in [2.75, 3.05) is 24.2 Å². The van der Waals surface area contributed by atoms with Crippen LogP contribution in [0.1, 0.15) is 26.2 Å². The van der Waals surface area contributed by atoms with Crippen molar-refractivity contribution in [3.8, 4) is 0 Å². The summed E-state index contributed by atoms with van der Waals surface area (Å²) < 4.78 is 0. The molecule has 3 nitrogen and oxygen atoms in total. The lowest BCUT2D eigenvalue weighted by Crippen LogP contribution is -2.20. The van der Waals surface area contributed by atoms with Crippen LogP contribution in [0, 0.1) is 0 Å². The molecule has 5 heteroatoms. The zero-order chi connectivity index (χ0) is 12.1. The van der Waals surface area contributed by atoms with Crippen molar-refractivity contribution in [2.45, 2.75) is 26.2 Å². The number of rotatable bonds is 5. The van der Waals surface area contributed by atoms with Crippen LogP contribution in [0.15, 0.2) is 6.07 Å². The second kappa shape index (κ2) is 6.16. The van der Waals surface area contributed by atoms with Gasteiger partial charge in [0.2, 0.25) is 0 Å². The van der Waals surface area contributed by atoms with Crippen molar-refractivity contribution in [2.24, 2.45) is 0 Å². The maximum absolute atomic E-state index is 6.06. The monoisotopic (exact) mass is 261 g/mol. The predicted molar refractivity (Wildman–Crippen MR) is 71.5 cm³/mol. The van der Waals surface area contributed by atoms with Crippen molar-refractivity contribution < 1.29 is 0 Å². The summed E-state index contributed by atoms with van der Waals surface area (Å²) in [6.07, 6.45) is 3.51. The molecule has 0 spiro atoms. The Hall–Kier alpha value is -0.670. The normalized spacial score (nSPS) is 10.5. The molecular weight excluding hydrogens is 245 g/mol. The van der Waals surface area contributed by atoms with E-state index >= 15 is 0 Å². The van der Waals surface area contributed by atoms with E-state index in [2.05, 4.69) is 11.9 Å². The molecule has 1 aromatic heterocycles. The standard InChI is InChI=1S/C11H17Cl2N3/c1-3-4-5-6-16(2)11-9(13)7-8(12)10(14)15-11/h7H,3-6H2,1-2H3,(H2,14,15). The number of anilines is 2. The maximum atomic E-state index is 6.06. The quantitative estimate of drug-likeness (QED) is 0.824. The van der Waals surface area contributed by atoms with Crippen LogP contribution < -0.4 is 10.6 Å². The Morgan fingerprint density at radius 1 is 1.31 bits per heavy atom. The van der Waals surface area contributed by atoms with Crippen molar-refractivity contribution in [3.63, 3.8) is 0 Å². The van der Waals surface area contributed by atoms with E-state index in [1.165, 1.54) is 12.8 Å². The largest absolute Gasteiger partial charge is 0.382 e. The van der Waals surface area contributed by atoms with Crippen LogP contribution >= 0.6 is 23.2 Å². The first kappa shape index (κ1) is 13.4. The third-order valence-corrected chi connectivity index (χ3v) is 2.98. The number of pyridine rings is 1. The smallest absolute Gasteiger partial charge is 0.149 e. The van der Waals surface area contributed by atoms with Crippen molar-refractivity contribution >= 4 is 34.8 Å². The number of hydrogen-bond donors (Lipinski definition) is 1. The van der Waals surface area contributed by atoms with Crippen molar-refractivity contribution in [1.82, 2.24) is 4.98 Å². The number of nitrogen functional groups attached to an aromatic ring is 1. The number of nitrogens with zero attached hydrogens (tertiary/aromatic N) is 2. The van der Waals surface area contributed by atoms with E-state index in [0.29, 0.717) is 21.7 Å². The Morgan fingerprint density at radius 2 is 2.00 bits per heavy atom. The zero-order valence-corrected chi connectivity index (χ0v) is 11.1. The van der Waals surface area contributed by atoms with Gasteiger partial charge >= 0.3 is 0 Å². The van der Waals surface area contributed by atoms with Crippen LogP contribution in [-0.2, 0) is 0 Å². The summed E-state index contributed by atoms with van der Waals surface area (Å²) in [5, 5.41) is 0.939. The average molecular weight is 262 g/mol. The summed E-state index contributed by atoms with van der Waals surface area (Å²) in [7, 11) is 1.96. The lowest BCUT2D eigenvalue weighted by molar-refractivity contribution is 0.701. The highest BCUT2D eigenvalue weighted by Crippen LogP contribution is 2.29. The Morgan fingerprint density at radius 3 is 2.62 bits per heavy atom. The van der Waals surface area contributed by atoms with Crippen LogP contribution in [0.5, 0.6) is 0 Å². The molecule has 0 atom stereocenters.